The highest BCUT2D eigenvalue weighted by molar-refractivity contribution is 5.70. The summed E-state index contributed by atoms with van der Waals surface area (Å²) in [5.74, 6) is 0. The third-order valence-electron chi connectivity index (χ3n) is 3.18. The van der Waals surface area contributed by atoms with Crippen LogP contribution in [0.3, 0.4) is 0 Å². The first kappa shape index (κ1) is 13.9. The van der Waals surface area contributed by atoms with Crippen molar-refractivity contribution in [2.24, 2.45) is 0 Å². The van der Waals surface area contributed by atoms with Crippen molar-refractivity contribution >= 4 is 23.5 Å². The molecule has 3 aromatic rings. The maximum Gasteiger partial charge on any atom is 0.250 e. The van der Waals surface area contributed by atoms with Crippen LogP contribution in [-0.2, 0) is 0 Å². The Kier molecular flexibility index (Phi) is 4.16. The van der Waals surface area contributed by atoms with Crippen LogP contribution in [0.5, 0.6) is 0 Å². The lowest BCUT2D eigenvalue weighted by molar-refractivity contribution is 1.21. The molecule has 3 heteroatoms. The number of anilines is 2. The van der Waals surface area contributed by atoms with Crippen LogP contribution in [0.2, 0.25) is 0 Å². The van der Waals surface area contributed by atoms with Crippen LogP contribution in [0.1, 0.15) is 11.3 Å². The van der Waals surface area contributed by atoms with Gasteiger partial charge in [-0.25, -0.2) is 0 Å². The zero-order valence-electron chi connectivity index (χ0n) is 12.0. The molecule has 0 aliphatic rings. The highest BCUT2D eigenvalue weighted by atomic mass is 16.1. The van der Waals surface area contributed by atoms with Gasteiger partial charge in [-0.05, 0) is 29.8 Å². The molecule has 22 heavy (non-hydrogen) atoms. The Balaban J connectivity index is 1.84. The summed E-state index contributed by atoms with van der Waals surface area (Å²) in [7, 11) is 0. The highest BCUT2D eigenvalue weighted by Gasteiger charge is 1.98. The number of nitrogens with one attached hydrogen (secondary N) is 2. The van der Waals surface area contributed by atoms with Crippen molar-refractivity contribution < 1.29 is 0 Å². The summed E-state index contributed by atoms with van der Waals surface area (Å²) in [6.07, 6.45) is 3.87. The predicted molar refractivity (Wildman–Crippen MR) is 92.2 cm³/mol. The van der Waals surface area contributed by atoms with Crippen LogP contribution in [0, 0.1) is 0 Å². The van der Waals surface area contributed by atoms with E-state index in [1.165, 1.54) is 0 Å². The van der Waals surface area contributed by atoms with Gasteiger partial charge < -0.3 is 10.3 Å². The van der Waals surface area contributed by atoms with Gasteiger partial charge in [-0.3, -0.25) is 4.79 Å². The standard InChI is InChI=1S/C19H16N2O/c22-19-14-18(20-16-9-5-2-6-10-16)13-17(21-19)12-11-15-7-3-1-4-8-15/h1-14H,(H2,20,21,22). The van der Waals surface area contributed by atoms with E-state index in [4.69, 9.17) is 0 Å². The van der Waals surface area contributed by atoms with E-state index in [9.17, 15) is 4.79 Å². The van der Waals surface area contributed by atoms with Crippen LogP contribution in [0.15, 0.2) is 77.6 Å². The van der Waals surface area contributed by atoms with E-state index >= 15 is 0 Å². The number of pyridine rings is 1. The molecule has 3 nitrogen and oxygen atoms in total. The number of para-hydroxylation sites is 1. The molecule has 0 spiro atoms. The van der Waals surface area contributed by atoms with Gasteiger partial charge in [-0.1, -0.05) is 54.6 Å². The molecule has 0 radical (unpaired) electrons. The van der Waals surface area contributed by atoms with Crippen LogP contribution in [0.4, 0.5) is 11.4 Å². The quantitative estimate of drug-likeness (QED) is 0.752. The summed E-state index contributed by atoms with van der Waals surface area (Å²) < 4.78 is 0. The van der Waals surface area contributed by atoms with Crippen molar-refractivity contribution in [1.29, 1.82) is 0 Å². The summed E-state index contributed by atoms with van der Waals surface area (Å²) in [4.78, 5) is 14.6. The molecule has 3 rings (SSSR count). The topological polar surface area (TPSA) is 44.9 Å². The van der Waals surface area contributed by atoms with Crippen LogP contribution < -0.4 is 10.9 Å². The van der Waals surface area contributed by atoms with Gasteiger partial charge in [0.1, 0.15) is 0 Å². The van der Waals surface area contributed by atoms with E-state index in [0.29, 0.717) is 0 Å². The minimum absolute atomic E-state index is 0.131. The van der Waals surface area contributed by atoms with Gasteiger partial charge in [-0.15, -0.1) is 0 Å². The van der Waals surface area contributed by atoms with E-state index in [-0.39, 0.29) is 5.56 Å². The number of hydrogen-bond donors (Lipinski definition) is 2. The number of rotatable bonds is 4. The van der Waals surface area contributed by atoms with Gasteiger partial charge in [0.25, 0.3) is 0 Å². The molecule has 1 heterocycles. The van der Waals surface area contributed by atoms with Gasteiger partial charge in [-0.2, -0.15) is 0 Å². The van der Waals surface area contributed by atoms with E-state index in [1.54, 1.807) is 6.07 Å². The molecular weight excluding hydrogens is 272 g/mol. The van der Waals surface area contributed by atoms with E-state index in [2.05, 4.69) is 10.3 Å². The lowest BCUT2D eigenvalue weighted by atomic mass is 10.2. The summed E-state index contributed by atoms with van der Waals surface area (Å²) >= 11 is 0. The number of aromatic amines is 1. The molecule has 0 amide bonds. The lowest BCUT2D eigenvalue weighted by Gasteiger charge is -2.06. The highest BCUT2D eigenvalue weighted by Crippen LogP contribution is 2.15. The maximum absolute atomic E-state index is 11.8. The second-order valence-corrected chi connectivity index (χ2v) is 4.92. The number of aromatic nitrogens is 1. The van der Waals surface area contributed by atoms with Crippen molar-refractivity contribution in [1.82, 2.24) is 4.98 Å². The molecule has 0 unspecified atom stereocenters. The van der Waals surface area contributed by atoms with Crippen LogP contribution in [-0.4, -0.2) is 4.98 Å². The van der Waals surface area contributed by atoms with Crippen LogP contribution in [0.25, 0.3) is 12.2 Å². The van der Waals surface area contributed by atoms with Crippen molar-refractivity contribution in [3.63, 3.8) is 0 Å². The average Bonchev–Trinajstić information content (AvgIpc) is 2.54. The fourth-order valence-corrected chi connectivity index (χ4v) is 2.17. The summed E-state index contributed by atoms with van der Waals surface area (Å²) in [6.45, 7) is 0. The van der Waals surface area contributed by atoms with E-state index in [1.807, 2.05) is 78.9 Å². The number of H-pyrrole nitrogens is 1. The fourth-order valence-electron chi connectivity index (χ4n) is 2.17. The zero-order valence-corrected chi connectivity index (χ0v) is 12.0. The first-order chi connectivity index (χ1) is 10.8. The van der Waals surface area contributed by atoms with Crippen molar-refractivity contribution in [2.75, 3.05) is 5.32 Å². The Bertz CT molecular complexity index is 821. The largest absolute Gasteiger partial charge is 0.355 e. The predicted octanol–water partition coefficient (Wildman–Crippen LogP) is 4.29. The second kappa shape index (κ2) is 6.59. The number of benzene rings is 2. The minimum atomic E-state index is -0.131. The molecule has 0 atom stereocenters. The summed E-state index contributed by atoms with van der Waals surface area (Å²) in [6, 6.07) is 23.2. The molecular formula is C19H16N2O. The van der Waals surface area contributed by atoms with Gasteiger partial charge >= 0.3 is 0 Å². The molecule has 0 aliphatic heterocycles. The Hall–Kier alpha value is -3.07. The monoisotopic (exact) mass is 288 g/mol. The Morgan fingerprint density at radius 3 is 2.18 bits per heavy atom. The van der Waals surface area contributed by atoms with Gasteiger partial charge in [0.2, 0.25) is 5.56 Å². The summed E-state index contributed by atoms with van der Waals surface area (Å²) in [5, 5.41) is 3.23. The van der Waals surface area contributed by atoms with Gasteiger partial charge in [0.05, 0.1) is 0 Å². The molecule has 0 fully saturated rings. The molecule has 0 saturated heterocycles. The molecule has 1 aromatic heterocycles. The maximum atomic E-state index is 11.8. The molecule has 0 aliphatic carbocycles. The first-order valence-electron chi connectivity index (χ1n) is 7.09. The molecule has 2 aromatic carbocycles. The number of hydrogen-bond acceptors (Lipinski definition) is 2. The Morgan fingerprint density at radius 2 is 1.45 bits per heavy atom. The van der Waals surface area contributed by atoms with Crippen molar-refractivity contribution in [3.8, 4) is 0 Å². The Labute approximate surface area is 129 Å². The van der Waals surface area contributed by atoms with Crippen molar-refractivity contribution in [2.45, 2.75) is 0 Å². The molecule has 0 saturated carbocycles. The minimum Gasteiger partial charge on any atom is -0.355 e. The molecule has 0 bridgehead atoms. The molecule has 2 N–H and O–H groups in total. The van der Waals surface area contributed by atoms with E-state index in [0.717, 1.165) is 22.6 Å². The van der Waals surface area contributed by atoms with Gasteiger partial charge in [0, 0.05) is 23.1 Å². The van der Waals surface area contributed by atoms with Gasteiger partial charge in [0.15, 0.2) is 0 Å². The Morgan fingerprint density at radius 1 is 0.773 bits per heavy atom. The molecule has 108 valence electrons. The zero-order chi connectivity index (χ0) is 15.2. The SMILES string of the molecule is O=c1cc(Nc2ccccc2)cc(C=Cc2ccccc2)[nH]1. The van der Waals surface area contributed by atoms with Crippen molar-refractivity contribution in [3.05, 3.63) is 94.4 Å². The smallest absolute Gasteiger partial charge is 0.250 e. The first-order valence-corrected chi connectivity index (χ1v) is 7.09. The summed E-state index contributed by atoms with van der Waals surface area (Å²) in [5.41, 5.74) is 3.43. The lowest BCUT2D eigenvalue weighted by Crippen LogP contribution is -2.07. The van der Waals surface area contributed by atoms with Crippen LogP contribution >= 0.6 is 0 Å². The fraction of sp³-hybridized carbons (Fsp3) is 0. The average molecular weight is 288 g/mol. The van der Waals surface area contributed by atoms with E-state index < -0.39 is 0 Å². The third kappa shape index (κ3) is 3.73. The third-order valence-corrected chi connectivity index (χ3v) is 3.18. The second-order valence-electron chi connectivity index (χ2n) is 4.92. The normalized spacial score (nSPS) is 10.7.